The van der Waals surface area contributed by atoms with Crippen LogP contribution in [0.25, 0.3) is 0 Å². The Labute approximate surface area is 373 Å². The van der Waals surface area contributed by atoms with Crippen molar-refractivity contribution < 1.29 is 24.5 Å². The number of ether oxygens (including phenoxy) is 1. The number of allylic oxidation sites excluding steroid dienone is 5. The molecule has 0 aromatic carbocycles. The van der Waals surface area contributed by atoms with E-state index in [1.165, 1.54) is 173 Å². The van der Waals surface area contributed by atoms with Gasteiger partial charge in [-0.25, -0.2) is 0 Å². The molecular formula is C54H101NO5. The number of amides is 1. The molecule has 2 unspecified atom stereocenters. The summed E-state index contributed by atoms with van der Waals surface area (Å²) in [5.74, 6) is -0.176. The molecule has 6 heteroatoms. The second kappa shape index (κ2) is 49.7. The van der Waals surface area contributed by atoms with Crippen LogP contribution in [0.5, 0.6) is 0 Å². The lowest BCUT2D eigenvalue weighted by Crippen LogP contribution is -2.45. The van der Waals surface area contributed by atoms with Gasteiger partial charge < -0.3 is 20.3 Å². The molecule has 0 radical (unpaired) electrons. The minimum atomic E-state index is -0.876. The smallest absolute Gasteiger partial charge is 0.305 e. The Morgan fingerprint density at radius 2 is 0.800 bits per heavy atom. The first-order chi connectivity index (χ1) is 29.5. The highest BCUT2D eigenvalue weighted by molar-refractivity contribution is 5.76. The van der Waals surface area contributed by atoms with E-state index >= 15 is 0 Å². The van der Waals surface area contributed by atoms with E-state index < -0.39 is 12.1 Å². The van der Waals surface area contributed by atoms with E-state index in [9.17, 15) is 19.8 Å². The summed E-state index contributed by atoms with van der Waals surface area (Å²) >= 11 is 0. The Morgan fingerprint density at radius 1 is 0.450 bits per heavy atom. The van der Waals surface area contributed by atoms with E-state index in [1.54, 1.807) is 6.08 Å². The lowest BCUT2D eigenvalue weighted by molar-refractivity contribution is -0.143. The van der Waals surface area contributed by atoms with Crippen LogP contribution in [0.1, 0.15) is 271 Å². The maximum atomic E-state index is 12.4. The van der Waals surface area contributed by atoms with Crippen molar-refractivity contribution >= 4 is 11.9 Å². The number of esters is 1. The first kappa shape index (κ1) is 58.1. The average Bonchev–Trinajstić information content (AvgIpc) is 3.25. The summed E-state index contributed by atoms with van der Waals surface area (Å²) in [4.78, 5) is 24.4. The maximum Gasteiger partial charge on any atom is 0.305 e. The number of hydrogen-bond donors (Lipinski definition) is 3. The van der Waals surface area contributed by atoms with Crippen LogP contribution >= 0.6 is 0 Å². The molecule has 3 N–H and O–H groups in total. The summed E-state index contributed by atoms with van der Waals surface area (Å²) in [5, 5.41) is 23.1. The molecule has 0 saturated carbocycles. The second-order valence-corrected chi connectivity index (χ2v) is 17.8. The zero-order chi connectivity index (χ0) is 43.7. The third kappa shape index (κ3) is 45.6. The van der Waals surface area contributed by atoms with Crippen molar-refractivity contribution in [3.8, 4) is 0 Å². The monoisotopic (exact) mass is 844 g/mol. The predicted molar refractivity (Wildman–Crippen MR) is 259 cm³/mol. The van der Waals surface area contributed by atoms with Gasteiger partial charge in [0, 0.05) is 12.8 Å². The molecule has 60 heavy (non-hydrogen) atoms. The predicted octanol–water partition coefficient (Wildman–Crippen LogP) is 15.7. The minimum Gasteiger partial charge on any atom is -0.466 e. The zero-order valence-electron chi connectivity index (χ0n) is 39.9. The van der Waals surface area contributed by atoms with Crippen LogP contribution in [0.3, 0.4) is 0 Å². The van der Waals surface area contributed by atoms with Crippen molar-refractivity contribution in [3.05, 3.63) is 36.5 Å². The van der Waals surface area contributed by atoms with E-state index in [0.29, 0.717) is 19.4 Å². The Bertz CT molecular complexity index is 977. The van der Waals surface area contributed by atoms with Crippen LogP contribution < -0.4 is 5.32 Å². The van der Waals surface area contributed by atoms with Crippen LogP contribution in [0, 0.1) is 0 Å². The molecule has 0 aromatic rings. The first-order valence-corrected chi connectivity index (χ1v) is 26.3. The highest BCUT2D eigenvalue weighted by atomic mass is 16.5. The van der Waals surface area contributed by atoms with Crippen molar-refractivity contribution in [2.24, 2.45) is 0 Å². The number of nitrogens with one attached hydrogen (secondary N) is 1. The highest BCUT2D eigenvalue weighted by Gasteiger charge is 2.17. The number of aliphatic hydroxyl groups is 2. The van der Waals surface area contributed by atoms with Gasteiger partial charge in [-0.2, -0.15) is 0 Å². The van der Waals surface area contributed by atoms with Gasteiger partial charge in [-0.05, 0) is 77.0 Å². The molecule has 0 bridgehead atoms. The summed E-state index contributed by atoms with van der Waals surface area (Å²) in [5.41, 5.74) is 0. The van der Waals surface area contributed by atoms with Gasteiger partial charge in [0.15, 0.2) is 0 Å². The van der Waals surface area contributed by atoms with E-state index in [2.05, 4.69) is 43.5 Å². The zero-order valence-corrected chi connectivity index (χ0v) is 39.9. The van der Waals surface area contributed by atoms with Crippen molar-refractivity contribution in [3.63, 3.8) is 0 Å². The lowest BCUT2D eigenvalue weighted by Gasteiger charge is -2.19. The number of aliphatic hydroxyl groups excluding tert-OH is 2. The molecule has 0 heterocycles. The Morgan fingerprint density at radius 3 is 1.23 bits per heavy atom. The highest BCUT2D eigenvalue weighted by Crippen LogP contribution is 2.16. The van der Waals surface area contributed by atoms with E-state index in [1.807, 2.05) is 6.08 Å². The van der Waals surface area contributed by atoms with Crippen molar-refractivity contribution in [1.29, 1.82) is 0 Å². The van der Waals surface area contributed by atoms with Crippen LogP contribution in [0.2, 0.25) is 0 Å². The minimum absolute atomic E-state index is 0.0474. The standard InChI is InChI=1S/C54H101NO5/c1-3-5-7-9-11-13-15-17-18-19-20-21-22-23-24-26-27-30-34-38-42-46-52(57)51(50-56)55-53(58)47-43-39-35-31-29-33-37-41-45-49-60-54(59)48-44-40-36-32-28-25-16-14-12-10-8-6-4-2/h14,16,31,35,42,46,51-52,56-57H,3-13,15,17-30,32-34,36-41,43-45,47-50H2,1-2H3,(H,55,58)/b16-14-,35-31-,46-42+. The number of unbranched alkanes of at least 4 members (excludes halogenated alkanes) is 33. The molecule has 0 aromatic heterocycles. The number of hydrogen-bond acceptors (Lipinski definition) is 5. The summed E-state index contributed by atoms with van der Waals surface area (Å²) in [6, 6.07) is -0.666. The molecule has 0 aliphatic heterocycles. The summed E-state index contributed by atoms with van der Waals surface area (Å²) in [7, 11) is 0. The molecule has 0 spiro atoms. The fraction of sp³-hybridized carbons (Fsp3) is 0.852. The van der Waals surface area contributed by atoms with Gasteiger partial charge in [0.1, 0.15) is 0 Å². The molecule has 0 fully saturated rings. The normalized spacial score (nSPS) is 12.9. The molecule has 2 atom stereocenters. The van der Waals surface area contributed by atoms with E-state index in [0.717, 1.165) is 70.6 Å². The third-order valence-electron chi connectivity index (χ3n) is 11.9. The van der Waals surface area contributed by atoms with Crippen molar-refractivity contribution in [2.45, 2.75) is 283 Å². The third-order valence-corrected chi connectivity index (χ3v) is 11.9. The molecule has 1 amide bonds. The van der Waals surface area contributed by atoms with Crippen LogP contribution in [-0.2, 0) is 14.3 Å². The van der Waals surface area contributed by atoms with Crippen molar-refractivity contribution in [2.75, 3.05) is 13.2 Å². The summed E-state index contributed by atoms with van der Waals surface area (Å²) < 4.78 is 5.42. The summed E-state index contributed by atoms with van der Waals surface area (Å²) in [6.07, 6.45) is 60.1. The van der Waals surface area contributed by atoms with Gasteiger partial charge in [-0.3, -0.25) is 9.59 Å². The fourth-order valence-electron chi connectivity index (χ4n) is 7.81. The van der Waals surface area contributed by atoms with E-state index in [4.69, 9.17) is 4.74 Å². The van der Waals surface area contributed by atoms with Crippen LogP contribution in [0.4, 0.5) is 0 Å². The van der Waals surface area contributed by atoms with Gasteiger partial charge in [0.25, 0.3) is 0 Å². The molecular weight excluding hydrogens is 743 g/mol. The Hall–Kier alpha value is -1.92. The van der Waals surface area contributed by atoms with Crippen LogP contribution in [0.15, 0.2) is 36.5 Å². The largest absolute Gasteiger partial charge is 0.466 e. The molecule has 0 saturated heterocycles. The molecule has 0 aliphatic rings. The maximum absolute atomic E-state index is 12.4. The average molecular weight is 844 g/mol. The van der Waals surface area contributed by atoms with Gasteiger partial charge >= 0.3 is 5.97 Å². The first-order valence-electron chi connectivity index (χ1n) is 26.3. The summed E-state index contributed by atoms with van der Waals surface area (Å²) in [6.45, 7) is 4.79. The van der Waals surface area contributed by atoms with Gasteiger partial charge in [0.05, 0.1) is 25.4 Å². The van der Waals surface area contributed by atoms with Gasteiger partial charge in [-0.1, -0.05) is 217 Å². The van der Waals surface area contributed by atoms with Crippen molar-refractivity contribution in [1.82, 2.24) is 5.32 Å². The fourth-order valence-corrected chi connectivity index (χ4v) is 7.81. The van der Waals surface area contributed by atoms with Crippen LogP contribution in [-0.4, -0.2) is 47.4 Å². The lowest BCUT2D eigenvalue weighted by atomic mass is 10.0. The molecule has 352 valence electrons. The Kier molecular flexibility index (Phi) is 48.1. The Balaban J connectivity index is 3.59. The number of rotatable bonds is 48. The molecule has 6 nitrogen and oxygen atoms in total. The molecule has 0 aliphatic carbocycles. The van der Waals surface area contributed by atoms with Gasteiger partial charge in [0.2, 0.25) is 5.91 Å². The molecule has 0 rings (SSSR count). The number of carbonyl (C=O) groups excluding carboxylic acids is 2. The van der Waals surface area contributed by atoms with Gasteiger partial charge in [-0.15, -0.1) is 0 Å². The SMILES string of the molecule is CCCCCC/C=C\CCCCCCCC(=O)OCCCCCC/C=C\CCCC(=O)NC(CO)C(O)/C=C/CCCCCCCCCCCCCCCCCCCCC. The quantitative estimate of drug-likeness (QED) is 0.0322. The second-order valence-electron chi connectivity index (χ2n) is 17.8. The number of carbonyl (C=O) groups is 2. The topological polar surface area (TPSA) is 95.9 Å². The van der Waals surface area contributed by atoms with E-state index in [-0.39, 0.29) is 18.5 Å².